The first-order valence-electron chi connectivity index (χ1n) is 11.2. The van der Waals surface area contributed by atoms with Crippen LogP contribution in [0.3, 0.4) is 0 Å². The highest BCUT2D eigenvalue weighted by atomic mass is 16.7. The van der Waals surface area contributed by atoms with Gasteiger partial charge in [-0.2, -0.15) is 0 Å². The predicted molar refractivity (Wildman–Crippen MR) is 110 cm³/mol. The van der Waals surface area contributed by atoms with E-state index in [1.807, 2.05) is 24.3 Å². The molecular formula is C24H36O4. The normalized spacial score (nSPS) is 33.8. The summed E-state index contributed by atoms with van der Waals surface area (Å²) in [5.41, 5.74) is 0.747. The molecule has 4 atom stereocenters. The molecule has 6 rings (SSSR count). The largest absolute Gasteiger partial charge is 0.454 e. The highest BCUT2D eigenvalue weighted by Crippen LogP contribution is 2.64. The summed E-state index contributed by atoms with van der Waals surface area (Å²) in [5, 5.41) is 0. The van der Waals surface area contributed by atoms with Crippen LogP contribution in [0, 0.1) is 17.3 Å². The lowest BCUT2D eigenvalue weighted by Crippen LogP contribution is -2.40. The molecule has 28 heavy (non-hydrogen) atoms. The van der Waals surface area contributed by atoms with Gasteiger partial charge in [-0.05, 0) is 55.1 Å². The molecule has 2 heterocycles. The molecule has 0 amide bonds. The molecule has 0 aromatic heterocycles. The van der Waals surface area contributed by atoms with Crippen LogP contribution in [0.15, 0.2) is 24.3 Å². The van der Waals surface area contributed by atoms with Crippen molar-refractivity contribution in [2.75, 3.05) is 20.0 Å². The Bertz CT molecular complexity index is 566. The van der Waals surface area contributed by atoms with E-state index in [1.165, 1.54) is 51.4 Å². The molecule has 156 valence electrons. The second-order valence-corrected chi connectivity index (χ2v) is 9.28. The van der Waals surface area contributed by atoms with Gasteiger partial charge >= 0.3 is 0 Å². The minimum absolute atomic E-state index is 0.360. The zero-order valence-corrected chi connectivity index (χ0v) is 17.5. The van der Waals surface area contributed by atoms with Gasteiger partial charge in [0, 0.05) is 0 Å². The topological polar surface area (TPSA) is 36.9 Å². The average molecular weight is 389 g/mol. The zero-order valence-electron chi connectivity index (χ0n) is 17.5. The number of benzene rings is 1. The number of hydrogen-bond donors (Lipinski definition) is 0. The maximum atomic E-state index is 5.56. The van der Waals surface area contributed by atoms with E-state index >= 15 is 0 Å². The molecule has 4 fully saturated rings. The van der Waals surface area contributed by atoms with Gasteiger partial charge < -0.3 is 18.9 Å². The van der Waals surface area contributed by atoms with E-state index < -0.39 is 0 Å². The smallest absolute Gasteiger partial charge is 0.231 e. The Hall–Kier alpha value is -1.26. The third-order valence-corrected chi connectivity index (χ3v) is 7.24. The summed E-state index contributed by atoms with van der Waals surface area (Å²) in [6.07, 6.45) is 12.0. The van der Waals surface area contributed by atoms with E-state index in [4.69, 9.17) is 18.9 Å². The van der Waals surface area contributed by atoms with Crippen LogP contribution in [-0.4, -0.2) is 32.2 Å². The first kappa shape index (κ1) is 20.0. The summed E-state index contributed by atoms with van der Waals surface area (Å²) in [6, 6.07) is 7.63. The highest BCUT2D eigenvalue weighted by molar-refractivity contribution is 5.40. The van der Waals surface area contributed by atoms with Gasteiger partial charge in [-0.15, -0.1) is 0 Å². The minimum Gasteiger partial charge on any atom is -0.454 e. The Labute approximate surface area is 169 Å². The predicted octanol–water partition coefficient (Wildman–Crippen LogP) is 5.59. The molecule has 4 nitrogen and oxygen atoms in total. The number of ether oxygens (including phenoxy) is 4. The summed E-state index contributed by atoms with van der Waals surface area (Å²) < 4.78 is 21.3. The number of para-hydroxylation sites is 2. The lowest BCUT2D eigenvalue weighted by Gasteiger charge is -2.35. The monoisotopic (exact) mass is 388 g/mol. The fourth-order valence-corrected chi connectivity index (χ4v) is 5.42. The van der Waals surface area contributed by atoms with Crippen molar-refractivity contribution in [1.82, 2.24) is 0 Å². The maximum absolute atomic E-state index is 5.56. The molecule has 0 spiro atoms. The molecule has 1 saturated heterocycles. The van der Waals surface area contributed by atoms with Crippen molar-refractivity contribution in [3.05, 3.63) is 24.3 Å². The summed E-state index contributed by atoms with van der Waals surface area (Å²) >= 11 is 0. The van der Waals surface area contributed by atoms with Gasteiger partial charge in [0.05, 0.1) is 25.4 Å². The third-order valence-electron chi connectivity index (χ3n) is 7.24. The van der Waals surface area contributed by atoms with Crippen molar-refractivity contribution < 1.29 is 18.9 Å². The molecule has 0 N–H and O–H groups in total. The van der Waals surface area contributed by atoms with E-state index in [9.17, 15) is 0 Å². The van der Waals surface area contributed by atoms with Crippen LogP contribution in [0.2, 0.25) is 0 Å². The van der Waals surface area contributed by atoms with Crippen molar-refractivity contribution in [2.24, 2.45) is 17.3 Å². The standard InChI is InChI=1S/C9H16.C8H14O2.C7H6O2/c1-9(2)7-5-3-4-6-8(7)9;1-2-4-8-7(3-1)9-5-6-10-8;1-2-4-7-6(3-1)8-5-9-7/h7-8H,3-6H2,1-2H3;7-8H,1-6H2;1-4H,5H2. The van der Waals surface area contributed by atoms with Crippen molar-refractivity contribution >= 4 is 0 Å². The van der Waals surface area contributed by atoms with Crippen LogP contribution in [0.1, 0.15) is 65.2 Å². The van der Waals surface area contributed by atoms with Crippen LogP contribution < -0.4 is 9.47 Å². The molecular weight excluding hydrogens is 352 g/mol. The lowest BCUT2D eigenvalue weighted by molar-refractivity contribution is -0.153. The van der Waals surface area contributed by atoms with Crippen LogP contribution in [0.4, 0.5) is 0 Å². The fourth-order valence-electron chi connectivity index (χ4n) is 5.42. The molecule has 5 aliphatic rings. The van der Waals surface area contributed by atoms with Crippen molar-refractivity contribution in [3.8, 4) is 11.5 Å². The lowest BCUT2D eigenvalue weighted by atomic mass is 9.94. The Balaban J connectivity index is 0.000000103. The maximum Gasteiger partial charge on any atom is 0.231 e. The van der Waals surface area contributed by atoms with Crippen molar-refractivity contribution in [3.63, 3.8) is 0 Å². The molecule has 4 heteroatoms. The summed E-state index contributed by atoms with van der Waals surface area (Å²) in [7, 11) is 0. The first-order valence-corrected chi connectivity index (χ1v) is 11.2. The van der Waals surface area contributed by atoms with E-state index in [-0.39, 0.29) is 0 Å². The average Bonchev–Trinajstić information content (AvgIpc) is 3.08. The van der Waals surface area contributed by atoms with Gasteiger partial charge in [-0.25, -0.2) is 0 Å². The fraction of sp³-hybridized carbons (Fsp3) is 0.750. The Morgan fingerprint density at radius 3 is 1.64 bits per heavy atom. The van der Waals surface area contributed by atoms with Crippen LogP contribution >= 0.6 is 0 Å². The van der Waals surface area contributed by atoms with Crippen LogP contribution in [0.25, 0.3) is 0 Å². The molecule has 3 saturated carbocycles. The summed E-state index contributed by atoms with van der Waals surface area (Å²) in [6.45, 7) is 6.85. The molecule has 1 aromatic rings. The van der Waals surface area contributed by atoms with Crippen molar-refractivity contribution in [1.29, 1.82) is 0 Å². The Morgan fingerprint density at radius 2 is 1.18 bits per heavy atom. The molecule has 2 aliphatic heterocycles. The Morgan fingerprint density at radius 1 is 0.714 bits per heavy atom. The van der Waals surface area contributed by atoms with Crippen LogP contribution in [0.5, 0.6) is 11.5 Å². The Kier molecular flexibility index (Phi) is 6.47. The van der Waals surface area contributed by atoms with E-state index in [1.54, 1.807) is 0 Å². The van der Waals surface area contributed by atoms with Gasteiger partial charge in [-0.1, -0.05) is 51.7 Å². The van der Waals surface area contributed by atoms with E-state index in [0.717, 1.165) is 42.0 Å². The zero-order chi connectivity index (χ0) is 19.4. The summed E-state index contributed by atoms with van der Waals surface area (Å²) in [4.78, 5) is 0. The second-order valence-electron chi connectivity index (χ2n) is 9.28. The van der Waals surface area contributed by atoms with Gasteiger partial charge in [0.15, 0.2) is 11.5 Å². The first-order chi connectivity index (χ1) is 13.7. The molecule has 1 aromatic carbocycles. The molecule has 0 bridgehead atoms. The van der Waals surface area contributed by atoms with Gasteiger partial charge in [0.25, 0.3) is 0 Å². The second kappa shape index (κ2) is 9.04. The quantitative estimate of drug-likeness (QED) is 0.580. The highest BCUT2D eigenvalue weighted by Gasteiger charge is 2.57. The van der Waals surface area contributed by atoms with Crippen molar-refractivity contribution in [2.45, 2.75) is 77.4 Å². The third kappa shape index (κ3) is 4.65. The van der Waals surface area contributed by atoms with Gasteiger partial charge in [0.2, 0.25) is 6.79 Å². The number of fused-ring (bicyclic) bond motifs is 3. The molecule has 4 unspecified atom stereocenters. The number of hydrogen-bond acceptors (Lipinski definition) is 4. The number of rotatable bonds is 0. The van der Waals surface area contributed by atoms with Gasteiger partial charge in [0.1, 0.15) is 0 Å². The van der Waals surface area contributed by atoms with E-state index in [2.05, 4.69) is 13.8 Å². The molecule has 3 aliphatic carbocycles. The van der Waals surface area contributed by atoms with Gasteiger partial charge in [-0.3, -0.25) is 0 Å². The van der Waals surface area contributed by atoms with Crippen LogP contribution in [-0.2, 0) is 9.47 Å². The van der Waals surface area contributed by atoms with E-state index in [0.29, 0.717) is 19.0 Å². The SMILES string of the molecule is C1CCC2OCCOC2C1.CC1(C)C2CCCCC21.c1ccc2c(c1)OCO2. The molecule has 0 radical (unpaired) electrons. The minimum atomic E-state index is 0.360. The summed E-state index contributed by atoms with van der Waals surface area (Å²) in [5.74, 6) is 3.92.